The Morgan fingerprint density at radius 1 is 0.895 bits per heavy atom. The number of halogens is 3. The molecule has 0 radical (unpaired) electrons. The van der Waals surface area contributed by atoms with Crippen molar-refractivity contribution in [2.24, 2.45) is 0 Å². The smallest absolute Gasteiger partial charge is 0.417 e. The lowest BCUT2D eigenvalue weighted by Crippen LogP contribution is -2.47. The molecule has 4 heterocycles. The van der Waals surface area contributed by atoms with Gasteiger partial charge in [-0.1, -0.05) is 6.58 Å². The number of benzene rings is 3. The van der Waals surface area contributed by atoms with Crippen molar-refractivity contribution in [1.29, 1.82) is 5.26 Å². The summed E-state index contributed by atoms with van der Waals surface area (Å²) >= 11 is 5.67. The van der Waals surface area contributed by atoms with E-state index in [1.807, 2.05) is 24.3 Å². The monoisotopic (exact) mass is 798 g/mol. The van der Waals surface area contributed by atoms with Gasteiger partial charge in [-0.2, -0.15) is 18.4 Å². The highest BCUT2D eigenvalue weighted by Gasteiger charge is 2.51. The molecule has 0 aliphatic carbocycles. The Balaban J connectivity index is 0.913. The number of hydrogen-bond acceptors (Lipinski definition) is 10. The number of alkyl halides is 3. The van der Waals surface area contributed by atoms with Crippen LogP contribution in [0.3, 0.4) is 0 Å². The summed E-state index contributed by atoms with van der Waals surface area (Å²) in [4.78, 5) is 62.1. The van der Waals surface area contributed by atoms with Gasteiger partial charge in [0, 0.05) is 57.3 Å². The molecule has 2 saturated heterocycles. The summed E-state index contributed by atoms with van der Waals surface area (Å²) < 4.78 is 47.1. The largest absolute Gasteiger partial charge is 0.494 e. The third-order valence-corrected chi connectivity index (χ3v) is 10.8. The third-order valence-electron chi connectivity index (χ3n) is 10.4. The Hall–Kier alpha value is -6.25. The van der Waals surface area contributed by atoms with E-state index in [0.29, 0.717) is 23.9 Å². The molecule has 0 atom stereocenters. The zero-order valence-electron chi connectivity index (χ0n) is 31.2. The van der Waals surface area contributed by atoms with Gasteiger partial charge in [0.2, 0.25) is 0 Å². The first-order chi connectivity index (χ1) is 27.0. The number of rotatable bonds is 9. The molecule has 2 fully saturated rings. The molecular weight excluding hydrogens is 762 g/mol. The molecule has 0 bridgehead atoms. The average Bonchev–Trinajstić information content (AvgIpc) is 3.53. The molecule has 3 aromatic carbocycles. The molecule has 0 spiro atoms. The summed E-state index contributed by atoms with van der Waals surface area (Å²) in [5.74, 6) is -1.51. The lowest BCUT2D eigenvalue weighted by Gasteiger charge is -2.36. The minimum Gasteiger partial charge on any atom is -0.494 e. The number of carbonyl (C=O) groups is 4. The molecule has 0 unspecified atom stereocenters. The highest BCUT2D eigenvalue weighted by atomic mass is 32.1. The Kier molecular flexibility index (Phi) is 10.0. The number of carbonyl (C=O) groups excluding carboxylic acids is 4. The number of nitriles is 1. The van der Waals surface area contributed by atoms with Crippen LogP contribution < -0.4 is 24.8 Å². The Morgan fingerprint density at radius 2 is 1.54 bits per heavy atom. The van der Waals surface area contributed by atoms with E-state index < -0.39 is 46.5 Å². The van der Waals surface area contributed by atoms with Crippen molar-refractivity contribution < 1.29 is 37.1 Å². The number of amides is 4. The van der Waals surface area contributed by atoms with Crippen LogP contribution in [0.2, 0.25) is 0 Å². The zero-order valence-corrected chi connectivity index (χ0v) is 32.0. The number of nitrogens with one attached hydrogen (secondary N) is 1. The van der Waals surface area contributed by atoms with Crippen LogP contribution in [0.1, 0.15) is 52.1 Å². The first-order valence-corrected chi connectivity index (χ1v) is 18.4. The van der Waals surface area contributed by atoms with Crippen molar-refractivity contribution in [3.63, 3.8) is 0 Å². The first-order valence-electron chi connectivity index (χ1n) is 18.0. The molecule has 294 valence electrons. The lowest BCUT2D eigenvalue weighted by molar-refractivity contribution is -0.137. The number of imide groups is 1. The third kappa shape index (κ3) is 7.06. The van der Waals surface area contributed by atoms with Crippen LogP contribution in [0.25, 0.3) is 0 Å². The Morgan fingerprint density at radius 3 is 2.21 bits per heavy atom. The standard InChI is InChI=1S/C40H37F3N8O5S/c1-24-45-34(52)33(23-46(24)4)50-35(53)30-13-12-29(21-31(30)36(50)54)56-19-5-14-47-15-17-48(18-16-47)26-8-10-27(11-9-26)51-38(57)49(37(55)39(51,2)3)28-7-6-25(22-44)32(20-28)40(41,42)43/h6-13,20-21,23H,1,5,14-19H2,2-4H3,(H,45,52). The number of hydrogen-bond donors (Lipinski definition) is 1. The summed E-state index contributed by atoms with van der Waals surface area (Å²) in [6.07, 6.45) is -2.68. The second-order valence-electron chi connectivity index (χ2n) is 14.4. The fraction of sp³-hybridized carbons (Fsp3) is 0.300. The highest BCUT2D eigenvalue weighted by molar-refractivity contribution is 7.81. The van der Waals surface area contributed by atoms with E-state index in [0.717, 1.165) is 66.8 Å². The van der Waals surface area contributed by atoms with Crippen molar-refractivity contribution in [1.82, 2.24) is 20.0 Å². The van der Waals surface area contributed by atoms with Crippen molar-refractivity contribution in [2.75, 3.05) is 61.1 Å². The molecule has 4 aliphatic heterocycles. The number of nitrogens with zero attached hydrogens (tertiary/aromatic N) is 7. The molecule has 4 aliphatic rings. The molecule has 13 nitrogen and oxygen atoms in total. The fourth-order valence-electron chi connectivity index (χ4n) is 7.27. The number of piperazine rings is 1. The average molecular weight is 799 g/mol. The van der Waals surface area contributed by atoms with E-state index in [4.69, 9.17) is 17.0 Å². The fourth-order valence-corrected chi connectivity index (χ4v) is 7.79. The minimum absolute atomic E-state index is 0.0305. The Labute approximate surface area is 331 Å². The zero-order chi connectivity index (χ0) is 41.0. The molecule has 0 aromatic heterocycles. The van der Waals surface area contributed by atoms with Gasteiger partial charge in [0.25, 0.3) is 23.6 Å². The van der Waals surface area contributed by atoms with Crippen LogP contribution >= 0.6 is 12.2 Å². The second-order valence-corrected chi connectivity index (χ2v) is 14.7. The van der Waals surface area contributed by atoms with Gasteiger partial charge in [-0.3, -0.25) is 29.0 Å². The number of thiocarbonyl (C=S) groups is 1. The minimum atomic E-state index is -4.79. The maximum Gasteiger partial charge on any atom is 0.417 e. The second kappa shape index (κ2) is 14.7. The van der Waals surface area contributed by atoms with Crippen LogP contribution in [-0.4, -0.2) is 95.4 Å². The topological polar surface area (TPSA) is 133 Å². The van der Waals surface area contributed by atoms with Gasteiger partial charge >= 0.3 is 6.18 Å². The van der Waals surface area contributed by atoms with Gasteiger partial charge in [0.05, 0.1) is 40.6 Å². The summed E-state index contributed by atoms with van der Waals surface area (Å²) in [6, 6.07) is 16.9. The molecule has 0 saturated carbocycles. The van der Waals surface area contributed by atoms with Crippen molar-refractivity contribution in [2.45, 2.75) is 32.0 Å². The summed E-state index contributed by atoms with van der Waals surface area (Å²) in [6.45, 7) is 11.3. The number of fused-ring (bicyclic) bond motifs is 1. The normalized spacial score (nSPS) is 18.6. The molecule has 3 aromatic rings. The van der Waals surface area contributed by atoms with Crippen molar-refractivity contribution in [3.05, 3.63) is 107 Å². The van der Waals surface area contributed by atoms with Gasteiger partial charge in [-0.05, 0) is 93.1 Å². The van der Waals surface area contributed by atoms with Crippen LogP contribution in [-0.2, 0) is 15.8 Å². The van der Waals surface area contributed by atoms with Gasteiger partial charge in [-0.15, -0.1) is 0 Å². The quantitative estimate of drug-likeness (QED) is 0.177. The van der Waals surface area contributed by atoms with E-state index in [-0.39, 0.29) is 27.6 Å². The van der Waals surface area contributed by atoms with E-state index in [9.17, 15) is 37.6 Å². The molecule has 17 heteroatoms. The SMILES string of the molecule is C=C1NC(=O)C(N2C(=O)c3ccc(OCCCN4CCN(c5ccc(N6C(=S)N(c7ccc(C#N)c(C(F)(F)F)c7)C(=O)C6(C)C)cc5)CC4)cc3C2=O)=CN1C. The molecule has 7 rings (SSSR count). The van der Waals surface area contributed by atoms with Crippen LogP contribution in [0.15, 0.2) is 85.0 Å². The van der Waals surface area contributed by atoms with Gasteiger partial charge in [0.15, 0.2) is 5.11 Å². The van der Waals surface area contributed by atoms with E-state index in [1.54, 1.807) is 37.9 Å². The lowest BCUT2D eigenvalue weighted by atomic mass is 10.0. The maximum atomic E-state index is 13.7. The van der Waals surface area contributed by atoms with Gasteiger partial charge in [-0.25, -0.2) is 4.90 Å². The maximum absolute atomic E-state index is 13.7. The van der Waals surface area contributed by atoms with E-state index in [1.165, 1.54) is 29.3 Å². The summed E-state index contributed by atoms with van der Waals surface area (Å²) in [5.41, 5.74) is -1.10. The molecular formula is C40H37F3N8O5S. The van der Waals surface area contributed by atoms with Crippen LogP contribution in [0, 0.1) is 11.3 Å². The van der Waals surface area contributed by atoms with Crippen molar-refractivity contribution >= 4 is 58.0 Å². The summed E-state index contributed by atoms with van der Waals surface area (Å²) in [7, 11) is 1.64. The predicted octanol–water partition coefficient (Wildman–Crippen LogP) is 5.06. The van der Waals surface area contributed by atoms with Gasteiger partial charge in [0.1, 0.15) is 22.8 Å². The number of ether oxygens (including phenoxy) is 1. The highest BCUT2D eigenvalue weighted by Crippen LogP contribution is 2.40. The van der Waals surface area contributed by atoms with Crippen LogP contribution in [0.4, 0.5) is 30.2 Å². The molecule has 4 amide bonds. The van der Waals surface area contributed by atoms with Crippen LogP contribution in [0.5, 0.6) is 5.75 Å². The Bertz CT molecular complexity index is 2300. The van der Waals surface area contributed by atoms with E-state index in [2.05, 4.69) is 21.7 Å². The van der Waals surface area contributed by atoms with Gasteiger partial charge < -0.3 is 24.8 Å². The first kappa shape index (κ1) is 39.0. The predicted molar refractivity (Wildman–Crippen MR) is 208 cm³/mol. The number of anilines is 3. The summed E-state index contributed by atoms with van der Waals surface area (Å²) in [5, 5.41) is 11.8. The molecule has 1 N–H and O–H groups in total. The molecule has 57 heavy (non-hydrogen) atoms. The van der Waals surface area contributed by atoms with Crippen molar-refractivity contribution in [3.8, 4) is 11.8 Å². The van der Waals surface area contributed by atoms with E-state index >= 15 is 0 Å².